The van der Waals surface area contributed by atoms with Gasteiger partial charge in [0.2, 0.25) is 0 Å². The van der Waals surface area contributed by atoms with Gasteiger partial charge in [0.25, 0.3) is 0 Å². The fourth-order valence-corrected chi connectivity index (χ4v) is 6.19. The summed E-state index contributed by atoms with van der Waals surface area (Å²) in [6.07, 6.45) is 14.1. The Morgan fingerprint density at radius 1 is 0.861 bits per heavy atom. The summed E-state index contributed by atoms with van der Waals surface area (Å²) in [7, 11) is 0. The molecule has 172 valence electrons. The average Bonchev–Trinajstić information content (AvgIpc) is 3.62. The summed E-state index contributed by atoms with van der Waals surface area (Å²) in [5.41, 5.74) is 4.35. The molecule has 1 N–H and O–H groups in total. The van der Waals surface area contributed by atoms with E-state index in [1.807, 2.05) is 19.2 Å². The summed E-state index contributed by atoms with van der Waals surface area (Å²) in [6, 6.07) is 27.5. The number of fused-ring (bicyclic) bond motifs is 4. The first kappa shape index (κ1) is 21.0. The minimum Gasteiger partial charge on any atom is -0.282 e. The van der Waals surface area contributed by atoms with Crippen LogP contribution in [0.5, 0.6) is 0 Å². The van der Waals surface area contributed by atoms with E-state index in [4.69, 9.17) is 5.41 Å². The SMILES string of the molecule is CC(N=Cc1cc2ccccc2c2ccccc12)=NC(=N)C1=CC23C=CC=CC2(C3)c2ccccc21. The van der Waals surface area contributed by atoms with Crippen molar-refractivity contribution in [2.45, 2.75) is 18.8 Å². The van der Waals surface area contributed by atoms with Gasteiger partial charge < -0.3 is 0 Å². The molecular weight excluding hydrogens is 438 g/mol. The maximum absolute atomic E-state index is 8.90. The van der Waals surface area contributed by atoms with Gasteiger partial charge in [-0.05, 0) is 52.1 Å². The summed E-state index contributed by atoms with van der Waals surface area (Å²) < 4.78 is 0. The van der Waals surface area contributed by atoms with Crippen LogP contribution < -0.4 is 0 Å². The van der Waals surface area contributed by atoms with Gasteiger partial charge in [0.05, 0.1) is 0 Å². The third-order valence-electron chi connectivity index (χ3n) is 7.98. The zero-order chi connectivity index (χ0) is 24.3. The van der Waals surface area contributed by atoms with Crippen LogP contribution in [0.1, 0.15) is 30.0 Å². The minimum absolute atomic E-state index is 0.0333. The van der Waals surface area contributed by atoms with Gasteiger partial charge >= 0.3 is 0 Å². The third-order valence-corrected chi connectivity index (χ3v) is 7.98. The highest BCUT2D eigenvalue weighted by molar-refractivity contribution is 6.26. The smallest absolute Gasteiger partial charge is 0.154 e. The Labute approximate surface area is 210 Å². The Morgan fingerprint density at radius 3 is 2.47 bits per heavy atom. The van der Waals surface area contributed by atoms with Crippen LogP contribution in [0.25, 0.3) is 27.1 Å². The first-order chi connectivity index (χ1) is 17.6. The maximum Gasteiger partial charge on any atom is 0.154 e. The summed E-state index contributed by atoms with van der Waals surface area (Å²) in [6.45, 7) is 1.87. The molecule has 36 heavy (non-hydrogen) atoms. The number of hydrogen-bond acceptors (Lipinski definition) is 1. The molecule has 0 heterocycles. The first-order valence-corrected chi connectivity index (χ1v) is 12.4. The highest BCUT2D eigenvalue weighted by Crippen LogP contribution is 2.72. The molecule has 0 spiro atoms. The van der Waals surface area contributed by atoms with E-state index in [0.29, 0.717) is 5.84 Å². The summed E-state index contributed by atoms with van der Waals surface area (Å²) in [5.74, 6) is 0.832. The highest BCUT2D eigenvalue weighted by atomic mass is 14.9. The van der Waals surface area contributed by atoms with E-state index >= 15 is 0 Å². The predicted octanol–water partition coefficient (Wildman–Crippen LogP) is 7.66. The number of rotatable bonds is 2. The Morgan fingerprint density at radius 2 is 1.58 bits per heavy atom. The van der Waals surface area contributed by atoms with Crippen molar-refractivity contribution in [1.82, 2.24) is 0 Å². The van der Waals surface area contributed by atoms with Gasteiger partial charge in [0.1, 0.15) is 5.84 Å². The predicted molar refractivity (Wildman–Crippen MR) is 151 cm³/mol. The van der Waals surface area contributed by atoms with Crippen LogP contribution in [0, 0.1) is 10.8 Å². The first-order valence-electron chi connectivity index (χ1n) is 12.4. The van der Waals surface area contributed by atoms with E-state index in [9.17, 15) is 0 Å². The molecule has 1 saturated carbocycles. The molecule has 0 aliphatic heterocycles. The normalized spacial score (nSPS) is 23.9. The van der Waals surface area contributed by atoms with Crippen molar-refractivity contribution in [3.8, 4) is 0 Å². The minimum atomic E-state index is -0.0333. The summed E-state index contributed by atoms with van der Waals surface area (Å²) >= 11 is 0. The molecule has 0 bridgehead atoms. The highest BCUT2D eigenvalue weighted by Gasteiger charge is 2.67. The number of nitrogens with zero attached hydrogens (tertiary/aromatic N) is 2. The van der Waals surface area contributed by atoms with Crippen LogP contribution in [-0.4, -0.2) is 17.9 Å². The molecule has 3 nitrogen and oxygen atoms in total. The van der Waals surface area contributed by atoms with Crippen LogP contribution in [0.4, 0.5) is 0 Å². The molecule has 3 aliphatic rings. The topological polar surface area (TPSA) is 48.6 Å². The van der Waals surface area contributed by atoms with Gasteiger partial charge in [-0.1, -0.05) is 103 Å². The average molecular weight is 464 g/mol. The molecule has 2 atom stereocenters. The van der Waals surface area contributed by atoms with Crippen LogP contribution in [0.3, 0.4) is 0 Å². The van der Waals surface area contributed by atoms with Gasteiger partial charge in [0, 0.05) is 28.2 Å². The largest absolute Gasteiger partial charge is 0.282 e. The van der Waals surface area contributed by atoms with Crippen molar-refractivity contribution in [2.24, 2.45) is 15.4 Å². The number of amidine groups is 2. The molecule has 3 aliphatic carbocycles. The van der Waals surface area contributed by atoms with Gasteiger partial charge in [-0.25, -0.2) is 9.98 Å². The van der Waals surface area contributed by atoms with Crippen molar-refractivity contribution < 1.29 is 0 Å². The molecule has 4 aromatic carbocycles. The second kappa shape index (κ2) is 7.56. The fourth-order valence-electron chi connectivity index (χ4n) is 6.19. The molecule has 2 unspecified atom stereocenters. The fraction of sp³-hybridized carbons (Fsp3) is 0.121. The van der Waals surface area contributed by atoms with E-state index in [2.05, 4.69) is 113 Å². The number of aliphatic imine (C=N–C) groups is 2. The summed E-state index contributed by atoms with van der Waals surface area (Å²) in [4.78, 5) is 9.32. The van der Waals surface area contributed by atoms with E-state index in [0.717, 1.165) is 28.5 Å². The van der Waals surface area contributed by atoms with Crippen LogP contribution in [0.2, 0.25) is 0 Å². The maximum atomic E-state index is 8.90. The van der Waals surface area contributed by atoms with Gasteiger partial charge in [-0.15, -0.1) is 0 Å². The molecule has 7 rings (SSSR count). The van der Waals surface area contributed by atoms with Crippen LogP contribution in [-0.2, 0) is 5.41 Å². The quantitative estimate of drug-likeness (QED) is 0.180. The lowest BCUT2D eigenvalue weighted by Crippen LogP contribution is -2.22. The van der Waals surface area contributed by atoms with Crippen molar-refractivity contribution >= 4 is 45.0 Å². The van der Waals surface area contributed by atoms with E-state index < -0.39 is 0 Å². The monoisotopic (exact) mass is 463 g/mol. The zero-order valence-corrected chi connectivity index (χ0v) is 20.1. The second-order valence-electron chi connectivity index (χ2n) is 10.0. The Bertz CT molecular complexity index is 1750. The lowest BCUT2D eigenvalue weighted by atomic mass is 9.74. The molecule has 0 amide bonds. The Balaban J connectivity index is 1.25. The van der Waals surface area contributed by atoms with Gasteiger partial charge in [-0.3, -0.25) is 5.41 Å². The second-order valence-corrected chi connectivity index (χ2v) is 10.0. The standard InChI is InChI=1S/C33H25N3/c1-22(35-20-24-18-23-10-2-3-11-25(23)27-13-5-4-12-26(24)27)36-31(34)29-19-32-16-8-9-17-33(32,21-32)30-15-7-6-14-28(29)30/h2-20,34H,21H2,1H3. The van der Waals surface area contributed by atoms with Crippen LogP contribution in [0.15, 0.2) is 119 Å². The van der Waals surface area contributed by atoms with Crippen LogP contribution >= 0.6 is 0 Å². The lowest BCUT2D eigenvalue weighted by molar-refractivity contribution is 0.687. The number of allylic oxidation sites excluding steroid dienone is 5. The lowest BCUT2D eigenvalue weighted by Gasteiger charge is -2.29. The Kier molecular flexibility index (Phi) is 4.40. The number of nitrogens with one attached hydrogen (secondary N) is 1. The van der Waals surface area contributed by atoms with E-state index in [1.165, 1.54) is 21.7 Å². The summed E-state index contributed by atoms with van der Waals surface area (Å²) in [5, 5.41) is 13.7. The van der Waals surface area contributed by atoms with Crippen molar-refractivity contribution in [2.75, 3.05) is 0 Å². The number of hydrogen-bond donors (Lipinski definition) is 1. The zero-order valence-electron chi connectivity index (χ0n) is 20.1. The molecule has 0 radical (unpaired) electrons. The van der Waals surface area contributed by atoms with Crippen molar-refractivity contribution in [1.29, 1.82) is 5.41 Å². The molecule has 4 aromatic rings. The van der Waals surface area contributed by atoms with Gasteiger partial charge in [-0.2, -0.15) is 0 Å². The molecule has 0 saturated heterocycles. The van der Waals surface area contributed by atoms with Crippen molar-refractivity contribution in [3.63, 3.8) is 0 Å². The van der Waals surface area contributed by atoms with E-state index in [1.54, 1.807) is 0 Å². The number of benzene rings is 4. The van der Waals surface area contributed by atoms with E-state index in [-0.39, 0.29) is 16.7 Å². The van der Waals surface area contributed by atoms with Crippen molar-refractivity contribution in [3.05, 3.63) is 126 Å². The Hall–Kier alpha value is -4.37. The van der Waals surface area contributed by atoms with Gasteiger partial charge in [0.15, 0.2) is 5.84 Å². The molecular formula is C33H25N3. The molecule has 1 fully saturated rings. The molecule has 0 aromatic heterocycles. The third kappa shape index (κ3) is 2.96. The molecule has 3 heteroatoms.